The van der Waals surface area contributed by atoms with Crippen molar-refractivity contribution >= 4 is 34.3 Å². The summed E-state index contributed by atoms with van der Waals surface area (Å²) >= 11 is 6.42. The number of oxazole rings is 1. The minimum atomic E-state index is -0.354. The molecule has 0 radical (unpaired) electrons. The number of methoxy groups -OCH3 is 3. The number of ether oxygens (including phenoxy) is 3. The SMILES string of the molecule is CCc1ccc2oc(-c3cc(NC(=O)c4cc(OC)c(OC)c(OC)c4)ccc3Cl)nc2c1. The molecule has 3 aromatic carbocycles. The van der Waals surface area contributed by atoms with Crippen molar-refractivity contribution in [1.82, 2.24) is 4.98 Å². The highest BCUT2D eigenvalue weighted by Gasteiger charge is 2.18. The Kier molecular flexibility index (Phi) is 6.42. The summed E-state index contributed by atoms with van der Waals surface area (Å²) in [5, 5.41) is 3.33. The Balaban J connectivity index is 1.65. The van der Waals surface area contributed by atoms with Gasteiger partial charge in [-0.25, -0.2) is 4.98 Å². The molecule has 0 aliphatic rings. The maximum absolute atomic E-state index is 13.0. The van der Waals surface area contributed by atoms with E-state index in [-0.39, 0.29) is 5.91 Å². The molecule has 0 saturated carbocycles. The van der Waals surface area contributed by atoms with E-state index in [1.165, 1.54) is 26.9 Å². The van der Waals surface area contributed by atoms with E-state index >= 15 is 0 Å². The van der Waals surface area contributed by atoms with Crippen LogP contribution in [0.2, 0.25) is 5.02 Å². The van der Waals surface area contributed by atoms with Crippen molar-refractivity contribution in [1.29, 1.82) is 0 Å². The summed E-state index contributed by atoms with van der Waals surface area (Å²) in [7, 11) is 4.49. The Labute approximate surface area is 196 Å². The minimum absolute atomic E-state index is 0.343. The van der Waals surface area contributed by atoms with Crippen molar-refractivity contribution in [3.8, 4) is 28.7 Å². The van der Waals surface area contributed by atoms with E-state index < -0.39 is 0 Å². The van der Waals surface area contributed by atoms with Crippen LogP contribution < -0.4 is 19.5 Å². The molecule has 1 aromatic heterocycles. The van der Waals surface area contributed by atoms with Crippen LogP contribution in [0.25, 0.3) is 22.6 Å². The summed E-state index contributed by atoms with van der Waals surface area (Å²) in [6, 6.07) is 14.2. The monoisotopic (exact) mass is 466 g/mol. The molecule has 0 saturated heterocycles. The Hall–Kier alpha value is -3.71. The quantitative estimate of drug-likeness (QED) is 0.360. The molecule has 0 spiro atoms. The third-order valence-corrected chi connectivity index (χ3v) is 5.57. The number of halogens is 1. The van der Waals surface area contributed by atoms with Crippen molar-refractivity contribution in [2.75, 3.05) is 26.6 Å². The zero-order chi connectivity index (χ0) is 23.5. The molecule has 0 fully saturated rings. The third kappa shape index (κ3) is 4.45. The number of anilines is 1. The lowest BCUT2D eigenvalue weighted by molar-refractivity contribution is 0.102. The first-order valence-electron chi connectivity index (χ1n) is 10.3. The molecular weight excluding hydrogens is 444 g/mol. The van der Waals surface area contributed by atoms with E-state index in [2.05, 4.69) is 17.2 Å². The van der Waals surface area contributed by atoms with Crippen LogP contribution in [0.5, 0.6) is 17.2 Å². The number of nitrogens with one attached hydrogen (secondary N) is 1. The second-order valence-electron chi connectivity index (χ2n) is 7.24. The van der Waals surface area contributed by atoms with Gasteiger partial charge in [0.1, 0.15) is 5.52 Å². The van der Waals surface area contributed by atoms with Crippen LogP contribution in [-0.2, 0) is 6.42 Å². The van der Waals surface area contributed by atoms with Crippen LogP contribution >= 0.6 is 11.6 Å². The fourth-order valence-electron chi connectivity index (χ4n) is 3.49. The first kappa shape index (κ1) is 22.5. The number of hydrogen-bond acceptors (Lipinski definition) is 6. The normalized spacial score (nSPS) is 10.8. The standard InChI is InChI=1S/C25H23ClN2O5/c1-5-14-6-9-20-19(10-14)28-25(33-20)17-13-16(7-8-18(17)26)27-24(29)15-11-21(30-2)23(32-4)22(12-15)31-3/h6-13H,5H2,1-4H3,(H,27,29). The average Bonchev–Trinajstić information content (AvgIpc) is 3.27. The number of carbonyl (C=O) groups is 1. The largest absolute Gasteiger partial charge is 0.493 e. The van der Waals surface area contributed by atoms with E-state index in [4.69, 9.17) is 30.2 Å². The van der Waals surface area contributed by atoms with Crippen molar-refractivity contribution < 1.29 is 23.4 Å². The number of aromatic nitrogens is 1. The fourth-order valence-corrected chi connectivity index (χ4v) is 3.69. The number of carbonyl (C=O) groups excluding carboxylic acids is 1. The lowest BCUT2D eigenvalue weighted by Crippen LogP contribution is -2.12. The number of amides is 1. The average molecular weight is 467 g/mol. The van der Waals surface area contributed by atoms with Gasteiger partial charge in [-0.2, -0.15) is 0 Å². The van der Waals surface area contributed by atoms with Gasteiger partial charge in [0, 0.05) is 11.3 Å². The van der Waals surface area contributed by atoms with E-state index in [1.807, 2.05) is 18.2 Å². The van der Waals surface area contributed by atoms with Gasteiger partial charge in [0.15, 0.2) is 17.1 Å². The summed E-state index contributed by atoms with van der Waals surface area (Å²) in [5.74, 6) is 1.21. The van der Waals surface area contributed by atoms with E-state index in [1.54, 1.807) is 30.3 Å². The second kappa shape index (κ2) is 9.42. The highest BCUT2D eigenvalue weighted by atomic mass is 35.5. The van der Waals surface area contributed by atoms with Crippen LogP contribution in [0.3, 0.4) is 0 Å². The molecule has 1 N–H and O–H groups in total. The van der Waals surface area contributed by atoms with E-state index in [9.17, 15) is 4.79 Å². The molecule has 33 heavy (non-hydrogen) atoms. The van der Waals surface area contributed by atoms with Gasteiger partial charge < -0.3 is 23.9 Å². The summed E-state index contributed by atoms with van der Waals surface area (Å²) in [5.41, 5.74) is 4.05. The topological polar surface area (TPSA) is 82.8 Å². The molecule has 4 aromatic rings. The predicted molar refractivity (Wildman–Crippen MR) is 128 cm³/mol. The van der Waals surface area contributed by atoms with Gasteiger partial charge in [-0.3, -0.25) is 4.79 Å². The van der Waals surface area contributed by atoms with Gasteiger partial charge in [-0.05, 0) is 54.4 Å². The van der Waals surface area contributed by atoms with Crippen LogP contribution in [0.1, 0.15) is 22.8 Å². The van der Waals surface area contributed by atoms with Crippen molar-refractivity contribution in [3.05, 3.63) is 64.7 Å². The van der Waals surface area contributed by atoms with Gasteiger partial charge in [-0.1, -0.05) is 24.6 Å². The first-order chi connectivity index (χ1) is 16.0. The Bertz CT molecular complexity index is 1310. The molecule has 170 valence electrons. The molecule has 1 heterocycles. The third-order valence-electron chi connectivity index (χ3n) is 5.24. The van der Waals surface area contributed by atoms with Gasteiger partial charge in [-0.15, -0.1) is 0 Å². The minimum Gasteiger partial charge on any atom is -0.493 e. The van der Waals surface area contributed by atoms with Crippen molar-refractivity contribution in [2.24, 2.45) is 0 Å². The zero-order valence-corrected chi connectivity index (χ0v) is 19.4. The number of rotatable bonds is 7. The number of fused-ring (bicyclic) bond motifs is 1. The molecule has 7 nitrogen and oxygen atoms in total. The number of benzene rings is 3. The molecule has 8 heteroatoms. The first-order valence-corrected chi connectivity index (χ1v) is 10.7. The van der Waals surface area contributed by atoms with Gasteiger partial charge in [0.05, 0.1) is 31.9 Å². The molecule has 0 unspecified atom stereocenters. The van der Waals surface area contributed by atoms with Crippen molar-refractivity contribution in [3.63, 3.8) is 0 Å². The highest BCUT2D eigenvalue weighted by Crippen LogP contribution is 2.38. The van der Waals surface area contributed by atoms with E-state index in [0.717, 1.165) is 11.9 Å². The smallest absolute Gasteiger partial charge is 0.255 e. The Morgan fingerprint density at radius 1 is 1.00 bits per heavy atom. The predicted octanol–water partition coefficient (Wildman–Crippen LogP) is 5.99. The second-order valence-corrected chi connectivity index (χ2v) is 7.64. The molecule has 0 bridgehead atoms. The Morgan fingerprint density at radius 2 is 1.73 bits per heavy atom. The lowest BCUT2D eigenvalue weighted by Gasteiger charge is -2.14. The molecule has 0 aliphatic carbocycles. The van der Waals surface area contributed by atoms with Gasteiger partial charge in [0.2, 0.25) is 11.6 Å². The summed E-state index contributed by atoms with van der Waals surface area (Å²) < 4.78 is 21.9. The maximum Gasteiger partial charge on any atom is 0.255 e. The number of nitrogens with zero attached hydrogens (tertiary/aromatic N) is 1. The molecule has 0 atom stereocenters. The van der Waals surface area contributed by atoms with Gasteiger partial charge in [0.25, 0.3) is 5.91 Å². The Morgan fingerprint density at radius 3 is 2.36 bits per heavy atom. The number of aryl methyl sites for hydroxylation is 1. The summed E-state index contributed by atoms with van der Waals surface area (Å²) in [6.45, 7) is 2.08. The summed E-state index contributed by atoms with van der Waals surface area (Å²) in [4.78, 5) is 17.5. The van der Waals surface area contributed by atoms with Crippen molar-refractivity contribution in [2.45, 2.75) is 13.3 Å². The van der Waals surface area contributed by atoms with Crippen LogP contribution in [0.4, 0.5) is 5.69 Å². The zero-order valence-electron chi connectivity index (χ0n) is 18.7. The molecular formula is C25H23ClN2O5. The fraction of sp³-hybridized carbons (Fsp3) is 0.200. The molecule has 1 amide bonds. The molecule has 0 aliphatic heterocycles. The van der Waals surface area contributed by atoms with E-state index in [0.29, 0.717) is 50.6 Å². The van der Waals surface area contributed by atoms with Gasteiger partial charge >= 0.3 is 0 Å². The van der Waals surface area contributed by atoms with Crippen LogP contribution in [-0.4, -0.2) is 32.2 Å². The molecule has 4 rings (SSSR count). The van der Waals surface area contributed by atoms with Crippen LogP contribution in [0.15, 0.2) is 52.9 Å². The lowest BCUT2D eigenvalue weighted by atomic mass is 10.1. The maximum atomic E-state index is 13.0. The van der Waals surface area contributed by atoms with Crippen LogP contribution in [0, 0.1) is 0 Å². The summed E-state index contributed by atoms with van der Waals surface area (Å²) in [6.07, 6.45) is 0.904. The number of hydrogen-bond donors (Lipinski definition) is 1. The highest BCUT2D eigenvalue weighted by molar-refractivity contribution is 6.33.